The van der Waals surface area contributed by atoms with Gasteiger partial charge in [-0.2, -0.15) is 5.26 Å². The van der Waals surface area contributed by atoms with E-state index in [0.29, 0.717) is 5.56 Å². The molecule has 0 bridgehead atoms. The first-order chi connectivity index (χ1) is 7.61. The third kappa shape index (κ3) is 1.86. The minimum Gasteiger partial charge on any atom is -0.303 e. The third-order valence-corrected chi connectivity index (χ3v) is 3.00. The van der Waals surface area contributed by atoms with Crippen LogP contribution in [0.3, 0.4) is 0 Å². The van der Waals surface area contributed by atoms with Gasteiger partial charge in [0.05, 0.1) is 23.7 Å². The zero-order valence-corrected chi connectivity index (χ0v) is 10.6. The van der Waals surface area contributed by atoms with Gasteiger partial charge in [-0.05, 0) is 32.0 Å². The fourth-order valence-corrected chi connectivity index (χ4v) is 2.02. The van der Waals surface area contributed by atoms with Crippen molar-refractivity contribution in [1.29, 1.82) is 5.26 Å². The van der Waals surface area contributed by atoms with Gasteiger partial charge in [0.1, 0.15) is 0 Å². The Hall–Kier alpha value is -1.60. The molecule has 80 valence electrons. The molecule has 0 aliphatic carbocycles. The number of aryl methyl sites for hydroxylation is 1. The van der Waals surface area contributed by atoms with Crippen molar-refractivity contribution in [2.24, 2.45) is 0 Å². The monoisotopic (exact) mass is 275 g/mol. The van der Waals surface area contributed by atoms with E-state index < -0.39 is 0 Å². The number of benzene rings is 1. The van der Waals surface area contributed by atoms with Gasteiger partial charge in [0.2, 0.25) is 0 Å². The number of nitrogens with zero attached hydrogens (tertiary/aromatic N) is 3. The summed E-state index contributed by atoms with van der Waals surface area (Å²) in [5.41, 5.74) is 3.67. The molecule has 2 rings (SSSR count). The van der Waals surface area contributed by atoms with Gasteiger partial charge in [-0.3, -0.25) is 0 Å². The molecule has 1 aromatic carbocycles. The maximum atomic E-state index is 8.91. The van der Waals surface area contributed by atoms with Gasteiger partial charge in [0.15, 0.2) is 0 Å². The first kappa shape index (κ1) is 10.9. The molecular formula is C12H10BrN3. The van der Waals surface area contributed by atoms with Gasteiger partial charge < -0.3 is 4.57 Å². The fourth-order valence-electron chi connectivity index (χ4n) is 1.54. The average Bonchev–Trinajstić information content (AvgIpc) is 2.59. The standard InChI is InChI=1S/C12H10BrN3/c1-8-9(2)16(7-15-8)12-4-10(6-14)3-11(13)5-12/h3-5,7H,1-2H3. The predicted molar refractivity (Wildman–Crippen MR) is 65.5 cm³/mol. The molecule has 4 heteroatoms. The van der Waals surface area contributed by atoms with Crippen LogP contribution in [0.2, 0.25) is 0 Å². The highest BCUT2D eigenvalue weighted by molar-refractivity contribution is 9.10. The summed E-state index contributed by atoms with van der Waals surface area (Å²) in [4.78, 5) is 4.24. The van der Waals surface area contributed by atoms with Gasteiger partial charge in [-0.25, -0.2) is 4.98 Å². The zero-order chi connectivity index (χ0) is 11.7. The first-order valence-electron chi connectivity index (χ1n) is 4.83. The number of hydrogen-bond donors (Lipinski definition) is 0. The molecule has 1 aromatic heterocycles. The van der Waals surface area contributed by atoms with Crippen LogP contribution < -0.4 is 0 Å². The van der Waals surface area contributed by atoms with Crippen LogP contribution in [-0.4, -0.2) is 9.55 Å². The summed E-state index contributed by atoms with van der Waals surface area (Å²) < 4.78 is 2.87. The summed E-state index contributed by atoms with van der Waals surface area (Å²) in [6.07, 6.45) is 1.77. The smallest absolute Gasteiger partial charge is 0.0997 e. The highest BCUT2D eigenvalue weighted by Crippen LogP contribution is 2.20. The van der Waals surface area contributed by atoms with E-state index in [1.54, 1.807) is 12.4 Å². The Morgan fingerprint density at radius 1 is 1.31 bits per heavy atom. The second kappa shape index (κ2) is 4.11. The maximum Gasteiger partial charge on any atom is 0.0997 e. The second-order valence-corrected chi connectivity index (χ2v) is 4.51. The number of hydrogen-bond acceptors (Lipinski definition) is 2. The molecule has 0 N–H and O–H groups in total. The van der Waals surface area contributed by atoms with E-state index in [9.17, 15) is 0 Å². The number of imidazole rings is 1. The van der Waals surface area contributed by atoms with Crippen molar-refractivity contribution in [3.8, 4) is 11.8 Å². The van der Waals surface area contributed by atoms with Crippen LogP contribution in [0.1, 0.15) is 17.0 Å². The third-order valence-electron chi connectivity index (χ3n) is 2.54. The van der Waals surface area contributed by atoms with Crippen molar-refractivity contribution in [2.75, 3.05) is 0 Å². The van der Waals surface area contributed by atoms with Crippen LogP contribution in [0.5, 0.6) is 0 Å². The molecule has 0 saturated heterocycles. The van der Waals surface area contributed by atoms with E-state index in [4.69, 9.17) is 5.26 Å². The Morgan fingerprint density at radius 3 is 2.62 bits per heavy atom. The molecule has 1 heterocycles. The van der Waals surface area contributed by atoms with Gasteiger partial charge >= 0.3 is 0 Å². The molecule has 0 unspecified atom stereocenters. The van der Waals surface area contributed by atoms with Crippen molar-refractivity contribution in [3.05, 3.63) is 46.0 Å². The maximum absolute atomic E-state index is 8.91. The van der Waals surface area contributed by atoms with E-state index in [2.05, 4.69) is 27.0 Å². The Bertz CT molecular complexity index is 578. The van der Waals surface area contributed by atoms with E-state index in [0.717, 1.165) is 21.5 Å². The topological polar surface area (TPSA) is 41.6 Å². The van der Waals surface area contributed by atoms with E-state index >= 15 is 0 Å². The summed E-state index contributed by atoms with van der Waals surface area (Å²) in [7, 11) is 0. The first-order valence-corrected chi connectivity index (χ1v) is 5.62. The lowest BCUT2D eigenvalue weighted by atomic mass is 10.2. The number of aromatic nitrogens is 2. The van der Waals surface area contributed by atoms with E-state index in [-0.39, 0.29) is 0 Å². The van der Waals surface area contributed by atoms with Crippen molar-refractivity contribution in [1.82, 2.24) is 9.55 Å². The lowest BCUT2D eigenvalue weighted by Gasteiger charge is -2.06. The van der Waals surface area contributed by atoms with Crippen LogP contribution in [-0.2, 0) is 0 Å². The molecule has 0 amide bonds. The largest absolute Gasteiger partial charge is 0.303 e. The summed E-state index contributed by atoms with van der Waals surface area (Å²) in [5, 5.41) is 8.91. The number of rotatable bonds is 1. The highest BCUT2D eigenvalue weighted by Gasteiger charge is 2.06. The quantitative estimate of drug-likeness (QED) is 0.803. The minimum absolute atomic E-state index is 0.634. The summed E-state index contributed by atoms with van der Waals surface area (Å²) in [6.45, 7) is 3.98. The molecule has 0 aliphatic heterocycles. The second-order valence-electron chi connectivity index (χ2n) is 3.60. The Balaban J connectivity index is 2.61. The molecule has 0 aliphatic rings. The molecule has 2 aromatic rings. The number of halogens is 1. The molecule has 0 atom stereocenters. The lowest BCUT2D eigenvalue weighted by Crippen LogP contribution is -1.96. The average molecular weight is 276 g/mol. The predicted octanol–water partition coefficient (Wildman–Crippen LogP) is 3.12. The Morgan fingerprint density at radius 2 is 2.06 bits per heavy atom. The van der Waals surface area contributed by atoms with Crippen molar-refractivity contribution in [3.63, 3.8) is 0 Å². The Kier molecular flexibility index (Phi) is 2.80. The van der Waals surface area contributed by atoms with Crippen LogP contribution in [0.25, 0.3) is 5.69 Å². The Labute approximate surface area is 102 Å². The summed E-state index contributed by atoms with van der Waals surface area (Å²) >= 11 is 3.40. The summed E-state index contributed by atoms with van der Waals surface area (Å²) in [5.74, 6) is 0. The molecule has 0 spiro atoms. The fraction of sp³-hybridized carbons (Fsp3) is 0.167. The SMILES string of the molecule is Cc1ncn(-c2cc(Br)cc(C#N)c2)c1C. The molecule has 0 saturated carbocycles. The van der Waals surface area contributed by atoms with Crippen molar-refractivity contribution in [2.45, 2.75) is 13.8 Å². The van der Waals surface area contributed by atoms with Crippen LogP contribution in [0.15, 0.2) is 29.0 Å². The van der Waals surface area contributed by atoms with E-state index in [1.807, 2.05) is 30.5 Å². The molecular weight excluding hydrogens is 266 g/mol. The molecule has 0 radical (unpaired) electrons. The lowest BCUT2D eigenvalue weighted by molar-refractivity contribution is 0.998. The van der Waals surface area contributed by atoms with Gasteiger partial charge in [0, 0.05) is 15.9 Å². The zero-order valence-electron chi connectivity index (χ0n) is 9.03. The highest BCUT2D eigenvalue weighted by atomic mass is 79.9. The number of nitriles is 1. The molecule has 3 nitrogen and oxygen atoms in total. The van der Waals surface area contributed by atoms with Crippen LogP contribution >= 0.6 is 15.9 Å². The van der Waals surface area contributed by atoms with Crippen LogP contribution in [0.4, 0.5) is 0 Å². The van der Waals surface area contributed by atoms with Crippen molar-refractivity contribution < 1.29 is 0 Å². The minimum atomic E-state index is 0.634. The van der Waals surface area contributed by atoms with Gasteiger partial charge in [-0.15, -0.1) is 0 Å². The van der Waals surface area contributed by atoms with Gasteiger partial charge in [-0.1, -0.05) is 15.9 Å². The van der Waals surface area contributed by atoms with Crippen molar-refractivity contribution >= 4 is 15.9 Å². The van der Waals surface area contributed by atoms with Crippen LogP contribution in [0, 0.1) is 25.2 Å². The molecule has 0 fully saturated rings. The van der Waals surface area contributed by atoms with E-state index in [1.165, 1.54) is 0 Å². The van der Waals surface area contributed by atoms with Gasteiger partial charge in [0.25, 0.3) is 0 Å². The normalized spacial score (nSPS) is 10.1. The molecule has 16 heavy (non-hydrogen) atoms. The summed E-state index contributed by atoms with van der Waals surface area (Å²) in [6, 6.07) is 7.75.